The molecule has 0 aliphatic carbocycles. The first-order valence-corrected chi connectivity index (χ1v) is 11.6. The molecule has 5 rings (SSSR count). The molecular formula is C25H21N3OS2. The van der Waals surface area contributed by atoms with Crippen molar-refractivity contribution < 1.29 is 4.79 Å². The van der Waals surface area contributed by atoms with Gasteiger partial charge in [-0.3, -0.25) is 9.69 Å². The van der Waals surface area contributed by atoms with Crippen LogP contribution in [-0.2, 0) is 4.79 Å². The lowest BCUT2D eigenvalue weighted by molar-refractivity contribution is -0.113. The van der Waals surface area contributed by atoms with Crippen molar-refractivity contribution in [2.45, 2.75) is 18.7 Å². The molecule has 154 valence electrons. The Labute approximate surface area is 190 Å². The van der Waals surface area contributed by atoms with Gasteiger partial charge in [0.15, 0.2) is 5.17 Å². The summed E-state index contributed by atoms with van der Waals surface area (Å²) in [5.74, 6) is -0.0386. The number of fused-ring (bicyclic) bond motifs is 1. The van der Waals surface area contributed by atoms with Crippen LogP contribution in [0.5, 0.6) is 0 Å². The Balaban J connectivity index is 1.63. The van der Waals surface area contributed by atoms with Crippen molar-refractivity contribution in [3.05, 3.63) is 93.9 Å². The number of benzene rings is 3. The van der Waals surface area contributed by atoms with Crippen LogP contribution >= 0.6 is 23.5 Å². The number of nitrogens with zero attached hydrogens (tertiary/aromatic N) is 3. The van der Waals surface area contributed by atoms with E-state index in [2.05, 4.69) is 17.0 Å². The maximum atomic E-state index is 13.7. The molecular weight excluding hydrogens is 422 g/mol. The maximum absolute atomic E-state index is 13.7. The summed E-state index contributed by atoms with van der Waals surface area (Å²) in [7, 11) is 2.02. The van der Waals surface area contributed by atoms with Crippen molar-refractivity contribution in [2.75, 3.05) is 16.8 Å². The summed E-state index contributed by atoms with van der Waals surface area (Å²) >= 11 is 3.08. The minimum absolute atomic E-state index is 0.0386. The van der Waals surface area contributed by atoms with Gasteiger partial charge in [0.05, 0.1) is 22.1 Å². The molecule has 0 spiro atoms. The van der Waals surface area contributed by atoms with Gasteiger partial charge in [0.2, 0.25) is 0 Å². The number of carbonyl (C=O) groups excluding carboxylic acids is 1. The number of carbonyl (C=O) groups is 1. The number of aliphatic imine (C=N–C) groups is 1. The molecule has 2 heterocycles. The second kappa shape index (κ2) is 7.94. The van der Waals surface area contributed by atoms with E-state index in [9.17, 15) is 4.79 Å². The fourth-order valence-electron chi connectivity index (χ4n) is 3.59. The van der Waals surface area contributed by atoms with E-state index in [0.29, 0.717) is 10.1 Å². The first kappa shape index (κ1) is 20.0. The van der Waals surface area contributed by atoms with Gasteiger partial charge in [0, 0.05) is 11.9 Å². The summed E-state index contributed by atoms with van der Waals surface area (Å²) in [6.45, 7) is 4.08. The highest BCUT2D eigenvalue weighted by Gasteiger charge is 2.40. The van der Waals surface area contributed by atoms with Crippen molar-refractivity contribution in [1.29, 1.82) is 0 Å². The SMILES string of the molecule is Cc1ccc(N2C(=O)C(=C3Sc4ccccc4N3C)SC2=Nc2ccccc2C)cc1. The van der Waals surface area contributed by atoms with Gasteiger partial charge in [0.1, 0.15) is 4.91 Å². The molecule has 0 atom stereocenters. The summed E-state index contributed by atoms with van der Waals surface area (Å²) in [5, 5.41) is 1.62. The number of rotatable bonds is 2. The number of para-hydroxylation sites is 2. The van der Waals surface area contributed by atoms with Crippen LogP contribution in [0.15, 0.2) is 92.6 Å². The van der Waals surface area contributed by atoms with Gasteiger partial charge in [-0.25, -0.2) is 4.99 Å². The Morgan fingerprint density at radius 2 is 1.55 bits per heavy atom. The molecule has 0 unspecified atom stereocenters. The predicted molar refractivity (Wildman–Crippen MR) is 132 cm³/mol. The lowest BCUT2D eigenvalue weighted by atomic mass is 10.2. The first-order chi connectivity index (χ1) is 15.0. The van der Waals surface area contributed by atoms with Gasteiger partial charge in [-0.1, -0.05) is 59.8 Å². The molecule has 6 heteroatoms. The van der Waals surface area contributed by atoms with Crippen LogP contribution < -0.4 is 9.80 Å². The van der Waals surface area contributed by atoms with Crippen molar-refractivity contribution in [1.82, 2.24) is 0 Å². The van der Waals surface area contributed by atoms with E-state index < -0.39 is 0 Å². The first-order valence-electron chi connectivity index (χ1n) is 10.0. The number of hydrogen-bond acceptors (Lipinski definition) is 5. The molecule has 0 saturated carbocycles. The molecule has 31 heavy (non-hydrogen) atoms. The second-order valence-electron chi connectivity index (χ2n) is 7.52. The summed E-state index contributed by atoms with van der Waals surface area (Å²) < 4.78 is 0. The molecule has 1 amide bonds. The van der Waals surface area contributed by atoms with E-state index in [1.807, 2.05) is 81.6 Å². The fraction of sp³-hybridized carbons (Fsp3) is 0.120. The third-order valence-electron chi connectivity index (χ3n) is 5.34. The number of amides is 1. The number of hydrogen-bond donors (Lipinski definition) is 0. The van der Waals surface area contributed by atoms with Crippen molar-refractivity contribution >= 4 is 51.7 Å². The normalized spacial score (nSPS) is 19.5. The average molecular weight is 444 g/mol. The van der Waals surface area contributed by atoms with Crippen LogP contribution in [-0.4, -0.2) is 18.1 Å². The predicted octanol–water partition coefficient (Wildman–Crippen LogP) is 6.48. The van der Waals surface area contributed by atoms with Gasteiger partial charge < -0.3 is 4.90 Å². The Kier molecular flexibility index (Phi) is 5.12. The molecule has 0 aromatic heterocycles. The highest BCUT2D eigenvalue weighted by molar-refractivity contribution is 8.20. The molecule has 2 aliphatic rings. The Morgan fingerprint density at radius 3 is 2.29 bits per heavy atom. The summed E-state index contributed by atoms with van der Waals surface area (Å²) in [4.78, 5) is 24.3. The third-order valence-corrected chi connectivity index (χ3v) is 7.73. The molecule has 0 N–H and O–H groups in total. The Bertz CT molecular complexity index is 1250. The smallest absolute Gasteiger partial charge is 0.274 e. The maximum Gasteiger partial charge on any atom is 0.274 e. The van der Waals surface area contributed by atoms with Gasteiger partial charge in [-0.2, -0.15) is 0 Å². The molecule has 2 aliphatic heterocycles. The topological polar surface area (TPSA) is 35.9 Å². The fourth-order valence-corrected chi connectivity index (χ4v) is 5.93. The second-order valence-corrected chi connectivity index (χ2v) is 9.53. The molecule has 3 aromatic rings. The highest BCUT2D eigenvalue weighted by Crippen LogP contribution is 2.50. The number of thioether (sulfide) groups is 2. The van der Waals surface area contributed by atoms with Gasteiger partial charge in [0.25, 0.3) is 5.91 Å². The van der Waals surface area contributed by atoms with Gasteiger partial charge in [-0.15, -0.1) is 0 Å². The van der Waals surface area contributed by atoms with Crippen LogP contribution in [0.1, 0.15) is 11.1 Å². The van der Waals surface area contributed by atoms with E-state index in [-0.39, 0.29) is 5.91 Å². The summed E-state index contributed by atoms with van der Waals surface area (Å²) in [5.41, 5.74) is 5.05. The molecule has 0 bridgehead atoms. The summed E-state index contributed by atoms with van der Waals surface area (Å²) in [6, 6.07) is 24.2. The van der Waals surface area contributed by atoms with E-state index in [1.165, 1.54) is 11.8 Å². The zero-order valence-corrected chi connectivity index (χ0v) is 19.1. The average Bonchev–Trinajstić information content (AvgIpc) is 3.27. The van der Waals surface area contributed by atoms with Crippen LogP contribution in [0.25, 0.3) is 0 Å². The molecule has 3 aromatic carbocycles. The standard InChI is InChI=1S/C25H21N3OS2/c1-16-12-14-18(15-13-16)28-23(29)22(24-27(3)20-10-6-7-11-21(20)30-24)31-25(28)26-19-9-5-4-8-17(19)2/h4-15H,1-3H3. The third kappa shape index (κ3) is 3.56. The van der Waals surface area contributed by atoms with Crippen molar-refractivity contribution in [3.8, 4) is 0 Å². The van der Waals surface area contributed by atoms with Crippen molar-refractivity contribution in [3.63, 3.8) is 0 Å². The van der Waals surface area contributed by atoms with E-state index >= 15 is 0 Å². The van der Waals surface area contributed by atoms with Gasteiger partial charge >= 0.3 is 0 Å². The molecule has 1 fully saturated rings. The molecule has 4 nitrogen and oxygen atoms in total. The Hall–Kier alpha value is -2.96. The number of anilines is 2. The molecule has 0 radical (unpaired) electrons. The monoisotopic (exact) mass is 443 g/mol. The highest BCUT2D eigenvalue weighted by atomic mass is 32.2. The lowest BCUT2D eigenvalue weighted by Crippen LogP contribution is -2.29. The summed E-state index contributed by atoms with van der Waals surface area (Å²) in [6.07, 6.45) is 0. The zero-order chi connectivity index (χ0) is 21.5. The van der Waals surface area contributed by atoms with Crippen LogP contribution in [0.4, 0.5) is 17.1 Å². The quantitative estimate of drug-likeness (QED) is 0.425. The van der Waals surface area contributed by atoms with Gasteiger partial charge in [-0.05, 0) is 61.5 Å². The minimum atomic E-state index is -0.0386. The van der Waals surface area contributed by atoms with Crippen LogP contribution in [0.2, 0.25) is 0 Å². The van der Waals surface area contributed by atoms with E-state index in [1.54, 1.807) is 16.7 Å². The number of amidine groups is 1. The van der Waals surface area contributed by atoms with Crippen molar-refractivity contribution in [2.24, 2.45) is 4.99 Å². The zero-order valence-electron chi connectivity index (χ0n) is 17.5. The number of aryl methyl sites for hydroxylation is 2. The lowest BCUT2D eigenvalue weighted by Gasteiger charge is -2.17. The van der Waals surface area contributed by atoms with Crippen LogP contribution in [0.3, 0.4) is 0 Å². The molecule has 1 saturated heterocycles. The Morgan fingerprint density at radius 1 is 0.839 bits per heavy atom. The van der Waals surface area contributed by atoms with E-state index in [0.717, 1.165) is 38.1 Å². The van der Waals surface area contributed by atoms with E-state index in [4.69, 9.17) is 4.99 Å². The largest absolute Gasteiger partial charge is 0.337 e. The van der Waals surface area contributed by atoms with Crippen LogP contribution in [0, 0.1) is 13.8 Å². The minimum Gasteiger partial charge on any atom is -0.337 e.